The first kappa shape index (κ1) is 63.6. The number of unbranched alkanes of at least 4 members (excludes halogenated alkanes) is 2. The van der Waals surface area contributed by atoms with Gasteiger partial charge in [0.25, 0.3) is 0 Å². The predicted octanol–water partition coefficient (Wildman–Crippen LogP) is -3.01. The van der Waals surface area contributed by atoms with Crippen molar-refractivity contribution in [2.24, 2.45) is 17.2 Å². The lowest BCUT2D eigenvalue weighted by Gasteiger charge is -2.41. The maximum Gasteiger partial charge on any atom is 0.328 e. The quantitative estimate of drug-likeness (QED) is 0.0364. The smallest absolute Gasteiger partial charge is 0.328 e. The maximum absolute atomic E-state index is 14.4. The van der Waals surface area contributed by atoms with Crippen molar-refractivity contribution in [1.29, 1.82) is 0 Å². The third kappa shape index (κ3) is 18.1. The molecule has 0 aromatic carbocycles. The van der Waals surface area contributed by atoms with Gasteiger partial charge in [-0.15, -0.1) is 0 Å². The van der Waals surface area contributed by atoms with Crippen molar-refractivity contribution in [3.63, 3.8) is 0 Å². The summed E-state index contributed by atoms with van der Waals surface area (Å²) in [4.78, 5) is 136. The largest absolute Gasteiger partial charge is 0.480 e. The lowest BCUT2D eigenvalue weighted by Crippen LogP contribution is -2.71. The molecule has 73 heavy (non-hydrogen) atoms. The lowest BCUT2D eigenvalue weighted by molar-refractivity contribution is -0.147. The fraction of sp³-hybridized carbons (Fsp3) is 0.792. The summed E-state index contributed by atoms with van der Waals surface area (Å²) in [7, 11) is 0. The van der Waals surface area contributed by atoms with Gasteiger partial charge in [0.1, 0.15) is 50.9 Å². The molecular formula is C48H88N14O11. The van der Waals surface area contributed by atoms with E-state index in [0.29, 0.717) is 65.0 Å². The molecule has 2 aliphatic rings. The molecule has 2 rings (SSSR count). The molecular weight excluding hydrogens is 949 g/mol. The molecule has 25 heteroatoms. The minimum absolute atomic E-state index is 0.0929. The van der Waals surface area contributed by atoms with Gasteiger partial charge in [0.15, 0.2) is 0 Å². The normalized spacial score (nSPS) is 17.0. The van der Waals surface area contributed by atoms with Gasteiger partial charge in [-0.05, 0) is 187 Å². The monoisotopic (exact) mass is 1040 g/mol. The summed E-state index contributed by atoms with van der Waals surface area (Å²) in [5.74, 6) is -7.68. The minimum atomic E-state index is -1.71. The van der Waals surface area contributed by atoms with Crippen molar-refractivity contribution in [2.45, 2.75) is 204 Å². The van der Waals surface area contributed by atoms with Crippen molar-refractivity contribution in [1.82, 2.24) is 58.5 Å². The number of carbonyl (C=O) groups is 10. The zero-order valence-corrected chi connectivity index (χ0v) is 45.2. The molecule has 0 bridgehead atoms. The maximum atomic E-state index is 14.4. The van der Waals surface area contributed by atoms with E-state index in [1.165, 1.54) is 83.1 Å². The molecule has 0 aromatic heterocycles. The molecule has 2 saturated heterocycles. The molecule has 0 radical (unpaired) electrons. The second-order valence-electron chi connectivity index (χ2n) is 22.7. The summed E-state index contributed by atoms with van der Waals surface area (Å²) in [6.45, 7) is 18.8. The van der Waals surface area contributed by atoms with Crippen LogP contribution in [0.3, 0.4) is 0 Å². The summed E-state index contributed by atoms with van der Waals surface area (Å²) in [5, 5.41) is 40.2. The van der Waals surface area contributed by atoms with Gasteiger partial charge >= 0.3 is 5.97 Å². The number of rotatable bonds is 27. The fourth-order valence-corrected chi connectivity index (χ4v) is 7.78. The predicted molar refractivity (Wildman–Crippen MR) is 273 cm³/mol. The molecule has 0 aromatic rings. The molecule has 0 unspecified atom stereocenters. The van der Waals surface area contributed by atoms with E-state index in [4.69, 9.17) is 17.2 Å². The number of aliphatic carboxylic acids is 1. The van der Waals surface area contributed by atoms with Gasteiger partial charge in [0, 0.05) is 0 Å². The Bertz CT molecular complexity index is 2020. The van der Waals surface area contributed by atoms with E-state index in [1.54, 1.807) is 0 Å². The SMILES string of the molecule is CC(C)(N)C(=O)NC(C)(C)C(=O)N[C@H](CCCCN)C(=O)NC1(C(=O)NC(C)(C)C(=O)NC(C)(C)C(=O)N[C@H](CCCCN)C(=O)NC2(C(=O)NC(C)(C)C(=O)NC(C)(C)C(=O)O)CCNCC2)CCNCC1. The van der Waals surface area contributed by atoms with Crippen molar-refractivity contribution in [3.8, 4) is 0 Å². The standard InChI is InChI=1S/C48H88N14O11/c1-41(2,51)33(65)58-42(3,4)34(66)54-29(17-13-15-23-49)31(63)56-47(19-25-52-26-20-47)38(70)61-44(7,8)36(68)59-43(5,6)35(67)55-30(18-14-16-24-50)32(64)57-48(21-27-53-28-22-48)39(71)62-45(9,10)37(69)60-46(11,12)40(72)73/h29-30,52-53H,13-28,49-51H2,1-12H3,(H,54,66)(H,55,67)(H,56,63)(H,57,64)(H,58,65)(H,59,68)(H,60,69)(H,61,70)(H,62,71)(H,72,73)/t29-,30-/m1/s1. The first-order valence-electron chi connectivity index (χ1n) is 25.2. The highest BCUT2D eigenvalue weighted by atomic mass is 16.4. The summed E-state index contributed by atoms with van der Waals surface area (Å²) >= 11 is 0. The molecule has 0 aliphatic carbocycles. The summed E-state index contributed by atoms with van der Waals surface area (Å²) in [5.41, 5.74) is 4.87. The summed E-state index contributed by atoms with van der Waals surface area (Å²) in [6.07, 6.45) is 2.55. The van der Waals surface area contributed by atoms with Gasteiger partial charge in [-0.1, -0.05) is 0 Å². The van der Waals surface area contributed by atoms with Gasteiger partial charge in [0.05, 0.1) is 5.54 Å². The number of carboxylic acids is 1. The number of hydrogen-bond acceptors (Lipinski definition) is 15. The first-order chi connectivity index (χ1) is 33.4. The Hall–Kier alpha value is -5.50. The molecule has 18 N–H and O–H groups in total. The third-order valence-electron chi connectivity index (χ3n) is 13.2. The van der Waals surface area contributed by atoms with Crippen LogP contribution in [0.4, 0.5) is 0 Å². The van der Waals surface area contributed by atoms with Crippen LogP contribution in [0.1, 0.15) is 147 Å². The number of amides is 9. The number of hydrogen-bond donors (Lipinski definition) is 15. The highest BCUT2D eigenvalue weighted by Crippen LogP contribution is 2.24. The van der Waals surface area contributed by atoms with Crippen molar-refractivity contribution in [3.05, 3.63) is 0 Å². The van der Waals surface area contributed by atoms with E-state index in [1.807, 2.05) is 0 Å². The van der Waals surface area contributed by atoms with Gasteiger partial charge in [-0.3, -0.25) is 43.2 Å². The number of carboxylic acid groups (broad SMARTS) is 1. The average molecular weight is 1040 g/mol. The molecule has 416 valence electrons. The molecule has 2 atom stereocenters. The van der Waals surface area contributed by atoms with Crippen LogP contribution in [0.5, 0.6) is 0 Å². The van der Waals surface area contributed by atoms with E-state index in [9.17, 15) is 53.1 Å². The van der Waals surface area contributed by atoms with Crippen LogP contribution >= 0.6 is 0 Å². The second kappa shape index (κ2) is 25.6. The number of carbonyl (C=O) groups excluding carboxylic acids is 9. The topological polar surface area (TPSA) is 401 Å². The lowest BCUT2D eigenvalue weighted by atomic mass is 9.85. The molecule has 2 aliphatic heterocycles. The van der Waals surface area contributed by atoms with Crippen molar-refractivity contribution < 1.29 is 53.1 Å². The van der Waals surface area contributed by atoms with Crippen LogP contribution in [0.25, 0.3) is 0 Å². The zero-order valence-electron chi connectivity index (χ0n) is 45.2. The van der Waals surface area contributed by atoms with Gasteiger partial charge < -0.3 is 80.8 Å². The van der Waals surface area contributed by atoms with Crippen LogP contribution in [0, 0.1) is 0 Å². The molecule has 0 saturated carbocycles. The van der Waals surface area contributed by atoms with Crippen LogP contribution < -0.4 is 75.7 Å². The molecule has 2 fully saturated rings. The van der Waals surface area contributed by atoms with Crippen LogP contribution in [-0.2, 0) is 47.9 Å². The van der Waals surface area contributed by atoms with Gasteiger partial charge in [-0.2, -0.15) is 0 Å². The second-order valence-corrected chi connectivity index (χ2v) is 22.7. The third-order valence-corrected chi connectivity index (χ3v) is 13.2. The van der Waals surface area contributed by atoms with Gasteiger partial charge in [0.2, 0.25) is 53.2 Å². The van der Waals surface area contributed by atoms with Gasteiger partial charge in [-0.25, -0.2) is 4.79 Å². The Balaban J connectivity index is 2.33. The van der Waals surface area contributed by atoms with Crippen LogP contribution in [0.2, 0.25) is 0 Å². The van der Waals surface area contributed by atoms with Crippen molar-refractivity contribution >= 4 is 59.1 Å². The fourth-order valence-electron chi connectivity index (χ4n) is 7.78. The van der Waals surface area contributed by atoms with Crippen LogP contribution in [-0.4, -0.2) is 160 Å². The molecule has 2 heterocycles. The first-order valence-corrected chi connectivity index (χ1v) is 25.2. The van der Waals surface area contributed by atoms with E-state index >= 15 is 0 Å². The molecule has 0 spiro atoms. The Kier molecular flexibility index (Phi) is 22.3. The van der Waals surface area contributed by atoms with E-state index < -0.39 is 116 Å². The summed E-state index contributed by atoms with van der Waals surface area (Å²) < 4.78 is 0. The van der Waals surface area contributed by atoms with E-state index in [0.717, 1.165) is 0 Å². The number of nitrogens with two attached hydrogens (primary N) is 3. The Morgan fingerprint density at radius 2 is 0.767 bits per heavy atom. The Morgan fingerprint density at radius 3 is 1.07 bits per heavy atom. The number of nitrogens with one attached hydrogen (secondary N) is 11. The Morgan fingerprint density at radius 1 is 0.466 bits per heavy atom. The minimum Gasteiger partial charge on any atom is -0.480 e. The highest BCUT2D eigenvalue weighted by molar-refractivity contribution is 6.02. The molecule has 25 nitrogen and oxygen atoms in total. The Labute approximate surface area is 429 Å². The molecule has 9 amide bonds. The van der Waals surface area contributed by atoms with Crippen LogP contribution in [0.15, 0.2) is 0 Å². The summed E-state index contributed by atoms with van der Waals surface area (Å²) in [6, 6.07) is -2.38. The van der Waals surface area contributed by atoms with E-state index in [-0.39, 0.29) is 38.5 Å². The number of piperidine rings is 2. The van der Waals surface area contributed by atoms with E-state index in [2.05, 4.69) is 58.5 Å². The highest BCUT2D eigenvalue weighted by Gasteiger charge is 2.49. The average Bonchev–Trinajstić information content (AvgIpc) is 3.27. The van der Waals surface area contributed by atoms with Crippen molar-refractivity contribution in [2.75, 3.05) is 39.3 Å². The zero-order chi connectivity index (χ0) is 56.0.